The van der Waals surface area contributed by atoms with Gasteiger partial charge < -0.3 is 16.0 Å². The molecule has 5 nitrogen and oxygen atoms in total. The second-order valence-electron chi connectivity index (χ2n) is 8.18. The molecule has 1 amide bonds. The molecular formula is C18H35IN4O. The number of halogens is 1. The van der Waals surface area contributed by atoms with Crippen molar-refractivity contribution in [2.24, 2.45) is 16.8 Å². The van der Waals surface area contributed by atoms with E-state index in [1.807, 2.05) is 20.8 Å². The molecule has 3 unspecified atom stereocenters. The maximum absolute atomic E-state index is 11.9. The van der Waals surface area contributed by atoms with Gasteiger partial charge in [0.2, 0.25) is 5.91 Å². The number of hydrogen-bond donors (Lipinski definition) is 3. The minimum absolute atomic E-state index is 0. The summed E-state index contributed by atoms with van der Waals surface area (Å²) in [5, 5.41) is 9.61. The van der Waals surface area contributed by atoms with Gasteiger partial charge in [0, 0.05) is 18.6 Å². The van der Waals surface area contributed by atoms with Gasteiger partial charge in [-0.25, -0.2) is 0 Å². The van der Waals surface area contributed by atoms with Crippen molar-refractivity contribution in [3.05, 3.63) is 0 Å². The van der Waals surface area contributed by atoms with E-state index in [0.717, 1.165) is 17.8 Å². The predicted molar refractivity (Wildman–Crippen MR) is 111 cm³/mol. The fourth-order valence-corrected chi connectivity index (χ4v) is 4.02. The number of nitrogens with one attached hydrogen (secondary N) is 3. The molecule has 0 heterocycles. The lowest BCUT2D eigenvalue weighted by molar-refractivity contribution is -0.121. The van der Waals surface area contributed by atoms with Crippen molar-refractivity contribution in [2.45, 2.75) is 77.3 Å². The van der Waals surface area contributed by atoms with E-state index in [0.29, 0.717) is 6.04 Å². The lowest BCUT2D eigenvalue weighted by Crippen LogP contribution is -2.51. The lowest BCUT2D eigenvalue weighted by Gasteiger charge is -2.39. The van der Waals surface area contributed by atoms with Crippen LogP contribution in [0.3, 0.4) is 0 Å². The summed E-state index contributed by atoms with van der Waals surface area (Å²) in [5.74, 6) is 2.58. The summed E-state index contributed by atoms with van der Waals surface area (Å²) in [6.45, 7) is 6.22. The first-order chi connectivity index (χ1) is 10.9. The molecule has 0 aromatic carbocycles. The van der Waals surface area contributed by atoms with Crippen molar-refractivity contribution in [3.63, 3.8) is 0 Å². The highest BCUT2D eigenvalue weighted by atomic mass is 127. The molecule has 2 saturated carbocycles. The first-order valence-corrected chi connectivity index (χ1v) is 9.15. The monoisotopic (exact) mass is 450 g/mol. The van der Waals surface area contributed by atoms with E-state index < -0.39 is 0 Å². The smallest absolute Gasteiger partial charge is 0.239 e. The summed E-state index contributed by atoms with van der Waals surface area (Å²) < 4.78 is 0. The fourth-order valence-electron chi connectivity index (χ4n) is 4.02. The molecule has 0 aliphatic heterocycles. The largest absolute Gasteiger partial charge is 0.354 e. The molecule has 6 heteroatoms. The number of amides is 1. The van der Waals surface area contributed by atoms with E-state index in [2.05, 4.69) is 20.9 Å². The van der Waals surface area contributed by atoms with E-state index in [1.54, 1.807) is 7.05 Å². The molecule has 2 aliphatic rings. The van der Waals surface area contributed by atoms with Gasteiger partial charge in [-0.2, -0.15) is 0 Å². The molecular weight excluding hydrogens is 415 g/mol. The highest BCUT2D eigenvalue weighted by molar-refractivity contribution is 14.0. The maximum atomic E-state index is 11.9. The molecule has 0 bridgehead atoms. The van der Waals surface area contributed by atoms with Crippen LogP contribution in [0, 0.1) is 11.8 Å². The molecule has 140 valence electrons. The van der Waals surface area contributed by atoms with Crippen molar-refractivity contribution in [1.82, 2.24) is 16.0 Å². The number of fused-ring (bicyclic) bond motifs is 1. The van der Waals surface area contributed by atoms with Gasteiger partial charge in [0.15, 0.2) is 5.96 Å². The van der Waals surface area contributed by atoms with Crippen LogP contribution in [0.5, 0.6) is 0 Å². The van der Waals surface area contributed by atoms with Gasteiger partial charge in [0.05, 0.1) is 6.54 Å². The normalized spacial score (nSPS) is 27.5. The highest BCUT2D eigenvalue weighted by Gasteiger charge is 2.32. The third-order valence-electron chi connectivity index (χ3n) is 5.03. The van der Waals surface area contributed by atoms with Crippen LogP contribution in [0.15, 0.2) is 4.99 Å². The molecule has 24 heavy (non-hydrogen) atoms. The van der Waals surface area contributed by atoms with E-state index >= 15 is 0 Å². The van der Waals surface area contributed by atoms with Crippen molar-refractivity contribution in [1.29, 1.82) is 0 Å². The molecule has 2 rings (SSSR count). The Balaban J connectivity index is 0.00000288. The zero-order valence-corrected chi connectivity index (χ0v) is 18.0. The molecule has 2 aliphatic carbocycles. The summed E-state index contributed by atoms with van der Waals surface area (Å²) in [4.78, 5) is 16.2. The van der Waals surface area contributed by atoms with Gasteiger partial charge >= 0.3 is 0 Å². The Labute approximate surface area is 164 Å². The van der Waals surface area contributed by atoms with Gasteiger partial charge in [0.25, 0.3) is 0 Å². The fraction of sp³-hybridized carbons (Fsp3) is 0.889. The molecule has 0 spiro atoms. The first-order valence-electron chi connectivity index (χ1n) is 9.15. The molecule has 0 aromatic rings. The molecule has 3 atom stereocenters. The number of carbonyl (C=O) groups is 1. The van der Waals surface area contributed by atoms with Crippen LogP contribution in [0.25, 0.3) is 0 Å². The first kappa shape index (κ1) is 21.5. The summed E-state index contributed by atoms with van der Waals surface area (Å²) in [6.07, 6.45) is 9.44. The van der Waals surface area contributed by atoms with Crippen LogP contribution in [-0.2, 0) is 4.79 Å². The number of carbonyl (C=O) groups excluding carboxylic acids is 1. The van der Waals surface area contributed by atoms with Gasteiger partial charge in [-0.1, -0.05) is 25.7 Å². The molecule has 3 N–H and O–H groups in total. The zero-order valence-electron chi connectivity index (χ0n) is 15.7. The van der Waals surface area contributed by atoms with Gasteiger partial charge in [-0.15, -0.1) is 24.0 Å². The van der Waals surface area contributed by atoms with Crippen LogP contribution in [0.4, 0.5) is 0 Å². The average molecular weight is 450 g/mol. The van der Waals surface area contributed by atoms with Crippen LogP contribution >= 0.6 is 24.0 Å². The minimum atomic E-state index is -0.199. The Morgan fingerprint density at radius 2 is 1.75 bits per heavy atom. The minimum Gasteiger partial charge on any atom is -0.354 e. The number of nitrogens with zero attached hydrogens (tertiary/aromatic N) is 1. The Morgan fingerprint density at radius 3 is 2.38 bits per heavy atom. The number of guanidine groups is 1. The quantitative estimate of drug-likeness (QED) is 0.352. The Morgan fingerprint density at radius 1 is 1.08 bits per heavy atom. The second-order valence-corrected chi connectivity index (χ2v) is 8.18. The third-order valence-corrected chi connectivity index (χ3v) is 5.03. The van der Waals surface area contributed by atoms with Crippen LogP contribution < -0.4 is 16.0 Å². The average Bonchev–Trinajstić information content (AvgIpc) is 2.49. The number of rotatable bonds is 3. The zero-order chi connectivity index (χ0) is 16.9. The van der Waals surface area contributed by atoms with Crippen molar-refractivity contribution >= 4 is 35.8 Å². The third kappa shape index (κ3) is 7.15. The molecule has 2 fully saturated rings. The second kappa shape index (κ2) is 9.82. The van der Waals surface area contributed by atoms with E-state index in [4.69, 9.17) is 0 Å². The summed E-state index contributed by atoms with van der Waals surface area (Å²) in [7, 11) is 1.77. The van der Waals surface area contributed by atoms with E-state index in [1.165, 1.54) is 44.9 Å². The standard InChI is InChI=1S/C18H34N4O.HI/c1-18(2,3)22-16(23)12-20-17(19-4)21-15-10-9-13-7-5-6-8-14(13)11-15;/h13-15H,5-12H2,1-4H3,(H,22,23)(H2,19,20,21);1H. The Bertz CT molecular complexity index is 433. The molecule has 0 aromatic heterocycles. The van der Waals surface area contributed by atoms with Gasteiger partial charge in [0.1, 0.15) is 0 Å². The Hall–Kier alpha value is -0.530. The summed E-state index contributed by atoms with van der Waals surface area (Å²) >= 11 is 0. The van der Waals surface area contributed by atoms with Gasteiger partial charge in [-0.05, 0) is 51.9 Å². The maximum Gasteiger partial charge on any atom is 0.239 e. The van der Waals surface area contributed by atoms with Crippen molar-refractivity contribution < 1.29 is 4.79 Å². The summed E-state index contributed by atoms with van der Waals surface area (Å²) in [5.41, 5.74) is -0.199. The van der Waals surface area contributed by atoms with Crippen LogP contribution in [-0.4, -0.2) is 37.0 Å². The van der Waals surface area contributed by atoms with Gasteiger partial charge in [-0.3, -0.25) is 9.79 Å². The van der Waals surface area contributed by atoms with Crippen LogP contribution in [0.2, 0.25) is 0 Å². The SMILES string of the molecule is CN=C(NCC(=O)NC(C)(C)C)NC1CCC2CCCCC2C1.I. The van der Waals surface area contributed by atoms with Crippen molar-refractivity contribution in [3.8, 4) is 0 Å². The van der Waals surface area contributed by atoms with E-state index in [-0.39, 0.29) is 42.0 Å². The lowest BCUT2D eigenvalue weighted by atomic mass is 9.69. The summed E-state index contributed by atoms with van der Waals surface area (Å²) in [6, 6.07) is 0.492. The predicted octanol–water partition coefficient (Wildman–Crippen LogP) is 3.04. The van der Waals surface area contributed by atoms with E-state index in [9.17, 15) is 4.79 Å². The molecule has 0 radical (unpaired) electrons. The number of aliphatic imine (C=N–C) groups is 1. The Kier molecular flexibility index (Phi) is 8.81. The molecule has 0 saturated heterocycles. The van der Waals surface area contributed by atoms with Crippen LogP contribution in [0.1, 0.15) is 65.7 Å². The topological polar surface area (TPSA) is 65.5 Å². The highest BCUT2D eigenvalue weighted by Crippen LogP contribution is 2.40. The van der Waals surface area contributed by atoms with Crippen molar-refractivity contribution in [2.75, 3.05) is 13.6 Å². The number of hydrogen-bond acceptors (Lipinski definition) is 2.